The molecule has 3 rings (SSSR count). The molecule has 3 heterocycles. The first-order chi connectivity index (χ1) is 12.8. The monoisotopic (exact) mass is 377 g/mol. The summed E-state index contributed by atoms with van der Waals surface area (Å²) in [4.78, 5) is 44.3. The SMILES string of the molecule is CC[C@H](C)[C@@H](NC(=O)O)C(=O)N1CCC(N2Cc3cnc(C)n3C2=O)CC1. The zero-order chi connectivity index (χ0) is 19.7. The van der Waals surface area contributed by atoms with Crippen molar-refractivity contribution in [2.24, 2.45) is 5.92 Å². The van der Waals surface area contributed by atoms with Gasteiger partial charge in [-0.3, -0.25) is 9.36 Å². The van der Waals surface area contributed by atoms with Crippen molar-refractivity contribution in [1.29, 1.82) is 0 Å². The standard InChI is InChI=1S/C18H27N5O4/c1-4-11(2)15(20-17(25)26)16(24)21-7-5-13(6-8-21)22-10-14-9-19-12(3)23(14)18(22)27/h9,11,13,15,20H,4-8,10H2,1-3H3,(H,25,26)/t11-,15+/m0/s1. The quantitative estimate of drug-likeness (QED) is 0.811. The Hall–Kier alpha value is -2.58. The number of amides is 3. The van der Waals surface area contributed by atoms with Gasteiger partial charge in [-0.15, -0.1) is 0 Å². The van der Waals surface area contributed by atoms with Gasteiger partial charge in [0.2, 0.25) is 5.91 Å². The molecule has 2 aliphatic rings. The van der Waals surface area contributed by atoms with Crippen molar-refractivity contribution >= 4 is 18.0 Å². The maximum absolute atomic E-state index is 12.8. The van der Waals surface area contributed by atoms with Gasteiger partial charge in [-0.2, -0.15) is 0 Å². The number of aromatic nitrogens is 2. The van der Waals surface area contributed by atoms with E-state index in [1.807, 2.05) is 25.7 Å². The van der Waals surface area contributed by atoms with Crippen LogP contribution in [0.3, 0.4) is 0 Å². The van der Waals surface area contributed by atoms with Crippen molar-refractivity contribution in [2.45, 2.75) is 58.7 Å². The van der Waals surface area contributed by atoms with Crippen LogP contribution in [0.2, 0.25) is 0 Å². The average Bonchev–Trinajstić information content (AvgIpc) is 3.18. The van der Waals surface area contributed by atoms with Gasteiger partial charge < -0.3 is 20.2 Å². The van der Waals surface area contributed by atoms with Crippen LogP contribution < -0.4 is 5.32 Å². The zero-order valence-electron chi connectivity index (χ0n) is 16.0. The normalized spacial score (nSPS) is 19.7. The van der Waals surface area contributed by atoms with Gasteiger partial charge in [-0.25, -0.2) is 14.6 Å². The Bertz CT molecular complexity index is 738. The van der Waals surface area contributed by atoms with E-state index in [4.69, 9.17) is 5.11 Å². The number of imidazole rings is 1. The molecule has 0 aliphatic carbocycles. The second kappa shape index (κ2) is 7.58. The van der Waals surface area contributed by atoms with Crippen LogP contribution in [0.1, 0.15) is 44.6 Å². The topological polar surface area (TPSA) is 108 Å². The summed E-state index contributed by atoms with van der Waals surface area (Å²) in [5.41, 5.74) is 0.901. The summed E-state index contributed by atoms with van der Waals surface area (Å²) in [6.07, 6.45) is 2.64. The predicted molar refractivity (Wildman–Crippen MR) is 97.3 cm³/mol. The molecular weight excluding hydrogens is 350 g/mol. The third-order valence-corrected chi connectivity index (χ3v) is 5.76. The van der Waals surface area contributed by atoms with Crippen molar-refractivity contribution in [3.63, 3.8) is 0 Å². The Morgan fingerprint density at radius 2 is 2.04 bits per heavy atom. The number of fused-ring (bicyclic) bond motifs is 1. The third-order valence-electron chi connectivity index (χ3n) is 5.76. The summed E-state index contributed by atoms with van der Waals surface area (Å²) in [7, 11) is 0. The molecule has 0 radical (unpaired) electrons. The van der Waals surface area contributed by atoms with Gasteiger partial charge in [0.25, 0.3) is 0 Å². The summed E-state index contributed by atoms with van der Waals surface area (Å²) in [5.74, 6) is 0.443. The summed E-state index contributed by atoms with van der Waals surface area (Å²) >= 11 is 0. The van der Waals surface area contributed by atoms with Crippen molar-refractivity contribution in [2.75, 3.05) is 13.1 Å². The first kappa shape index (κ1) is 19.2. The van der Waals surface area contributed by atoms with Crippen LogP contribution in [-0.4, -0.2) is 67.7 Å². The Labute approximate surface area is 158 Å². The smallest absolute Gasteiger partial charge is 0.405 e. The van der Waals surface area contributed by atoms with Crippen LogP contribution in [0.25, 0.3) is 0 Å². The number of rotatable bonds is 5. The van der Waals surface area contributed by atoms with E-state index < -0.39 is 12.1 Å². The number of carboxylic acid groups (broad SMARTS) is 1. The van der Waals surface area contributed by atoms with Crippen molar-refractivity contribution in [3.8, 4) is 0 Å². The number of carbonyl (C=O) groups is 3. The number of hydrogen-bond donors (Lipinski definition) is 2. The van der Waals surface area contributed by atoms with Gasteiger partial charge >= 0.3 is 12.1 Å². The molecule has 2 N–H and O–H groups in total. The maximum Gasteiger partial charge on any atom is 0.405 e. The minimum absolute atomic E-state index is 0.0465. The fraction of sp³-hybridized carbons (Fsp3) is 0.667. The molecule has 148 valence electrons. The van der Waals surface area contributed by atoms with E-state index in [-0.39, 0.29) is 23.9 Å². The van der Waals surface area contributed by atoms with Gasteiger partial charge in [0, 0.05) is 19.1 Å². The first-order valence-electron chi connectivity index (χ1n) is 9.45. The van der Waals surface area contributed by atoms with E-state index in [0.29, 0.717) is 44.7 Å². The number of nitrogens with one attached hydrogen (secondary N) is 1. The second-order valence-electron chi connectivity index (χ2n) is 7.41. The minimum Gasteiger partial charge on any atom is -0.465 e. The van der Waals surface area contributed by atoms with Crippen LogP contribution >= 0.6 is 0 Å². The van der Waals surface area contributed by atoms with E-state index in [2.05, 4.69) is 10.3 Å². The highest BCUT2D eigenvalue weighted by Gasteiger charge is 2.38. The molecule has 1 aromatic heterocycles. The molecule has 0 saturated carbocycles. The lowest BCUT2D eigenvalue weighted by Gasteiger charge is -2.38. The highest BCUT2D eigenvalue weighted by Crippen LogP contribution is 2.26. The maximum atomic E-state index is 12.8. The van der Waals surface area contributed by atoms with Gasteiger partial charge in [0.05, 0.1) is 18.4 Å². The largest absolute Gasteiger partial charge is 0.465 e. The summed E-state index contributed by atoms with van der Waals surface area (Å²) in [6, 6.07) is -0.697. The van der Waals surface area contributed by atoms with E-state index in [1.54, 1.807) is 15.7 Å². The molecule has 27 heavy (non-hydrogen) atoms. The molecule has 1 aromatic rings. The van der Waals surface area contributed by atoms with Crippen LogP contribution in [-0.2, 0) is 11.3 Å². The summed E-state index contributed by atoms with van der Waals surface area (Å²) < 4.78 is 1.65. The van der Waals surface area contributed by atoms with Crippen LogP contribution in [0.5, 0.6) is 0 Å². The molecule has 1 saturated heterocycles. The second-order valence-corrected chi connectivity index (χ2v) is 7.41. The van der Waals surface area contributed by atoms with Gasteiger partial charge in [-0.1, -0.05) is 20.3 Å². The van der Waals surface area contributed by atoms with Gasteiger partial charge in [0.15, 0.2) is 0 Å². The van der Waals surface area contributed by atoms with Crippen LogP contribution in [0.15, 0.2) is 6.20 Å². The zero-order valence-corrected chi connectivity index (χ0v) is 16.0. The molecule has 3 amide bonds. The Kier molecular flexibility index (Phi) is 5.38. The number of carbonyl (C=O) groups excluding carboxylic acids is 2. The number of nitrogens with zero attached hydrogens (tertiary/aromatic N) is 4. The molecule has 2 atom stereocenters. The van der Waals surface area contributed by atoms with Crippen LogP contribution in [0, 0.1) is 12.8 Å². The van der Waals surface area contributed by atoms with Crippen molar-refractivity contribution < 1.29 is 19.5 Å². The summed E-state index contributed by atoms with van der Waals surface area (Å²) in [6.45, 7) is 7.22. The predicted octanol–water partition coefficient (Wildman–Crippen LogP) is 1.65. The molecule has 9 nitrogen and oxygen atoms in total. The highest BCUT2D eigenvalue weighted by molar-refractivity contribution is 5.86. The molecule has 2 aliphatic heterocycles. The fourth-order valence-electron chi connectivity index (χ4n) is 3.93. The molecule has 0 bridgehead atoms. The van der Waals surface area contributed by atoms with E-state index in [9.17, 15) is 14.4 Å². The lowest BCUT2D eigenvalue weighted by atomic mass is 9.96. The first-order valence-corrected chi connectivity index (χ1v) is 9.45. The van der Waals surface area contributed by atoms with Gasteiger partial charge in [-0.05, 0) is 25.7 Å². The Balaban J connectivity index is 1.61. The fourth-order valence-corrected chi connectivity index (χ4v) is 3.93. The Morgan fingerprint density at radius 1 is 1.37 bits per heavy atom. The molecular formula is C18H27N5O4. The lowest BCUT2D eigenvalue weighted by Crippen LogP contribution is -2.55. The summed E-state index contributed by atoms with van der Waals surface area (Å²) in [5, 5.41) is 11.4. The molecule has 0 spiro atoms. The molecule has 9 heteroatoms. The van der Waals surface area contributed by atoms with E-state index in [1.165, 1.54) is 0 Å². The minimum atomic E-state index is -1.18. The number of likely N-dealkylation sites (tertiary alicyclic amines) is 1. The third kappa shape index (κ3) is 3.63. The molecule has 1 fully saturated rings. The average molecular weight is 377 g/mol. The van der Waals surface area contributed by atoms with Crippen molar-refractivity contribution in [3.05, 3.63) is 17.7 Å². The van der Waals surface area contributed by atoms with E-state index in [0.717, 1.165) is 5.69 Å². The lowest BCUT2D eigenvalue weighted by molar-refractivity contribution is -0.136. The van der Waals surface area contributed by atoms with Crippen molar-refractivity contribution in [1.82, 2.24) is 24.7 Å². The van der Waals surface area contributed by atoms with Crippen LogP contribution in [0.4, 0.5) is 9.59 Å². The Morgan fingerprint density at radius 3 is 2.59 bits per heavy atom. The number of aryl methyl sites for hydroxylation is 1. The highest BCUT2D eigenvalue weighted by atomic mass is 16.4. The molecule has 0 aromatic carbocycles. The number of piperidine rings is 1. The number of hydrogen-bond acceptors (Lipinski definition) is 4. The molecule has 0 unspecified atom stereocenters. The van der Waals surface area contributed by atoms with Gasteiger partial charge in [0.1, 0.15) is 11.9 Å². The van der Waals surface area contributed by atoms with E-state index >= 15 is 0 Å².